The van der Waals surface area contributed by atoms with Crippen molar-refractivity contribution in [3.8, 4) is 17.2 Å². The highest BCUT2D eigenvalue weighted by atomic mass is 16.3. The summed E-state index contributed by atoms with van der Waals surface area (Å²) in [4.78, 5) is 0. The number of hydrogen-bond donors (Lipinski definition) is 3. The minimum atomic E-state index is -0.124. The Labute approximate surface area is 166 Å². The molecule has 0 saturated carbocycles. The fourth-order valence-corrected chi connectivity index (χ4v) is 3.92. The van der Waals surface area contributed by atoms with Gasteiger partial charge in [-0.05, 0) is 97.7 Å². The highest BCUT2D eigenvalue weighted by Gasteiger charge is 2.22. The third kappa shape index (κ3) is 3.45. The predicted molar refractivity (Wildman–Crippen MR) is 114 cm³/mol. The van der Waals surface area contributed by atoms with E-state index in [-0.39, 0.29) is 11.7 Å². The van der Waals surface area contributed by atoms with Gasteiger partial charge in [-0.1, -0.05) is 30.3 Å². The molecule has 3 N–H and O–H groups in total. The first kappa shape index (κ1) is 19.8. The zero-order chi connectivity index (χ0) is 20.7. The summed E-state index contributed by atoms with van der Waals surface area (Å²) in [5, 5.41) is 30.9. The zero-order valence-corrected chi connectivity index (χ0v) is 17.4. The summed E-state index contributed by atoms with van der Waals surface area (Å²) in [7, 11) is 0. The van der Waals surface area contributed by atoms with Crippen molar-refractivity contribution in [2.24, 2.45) is 0 Å². The molecular formula is C25H28O3. The van der Waals surface area contributed by atoms with E-state index in [4.69, 9.17) is 0 Å². The Bertz CT molecular complexity index is 858. The monoisotopic (exact) mass is 376 g/mol. The zero-order valence-electron chi connectivity index (χ0n) is 17.4. The standard InChI is InChI=1S/C25H28O3/c1-13-7-21(12-22(26)18(13)6)23(19-8-14(2)24(27)15(3)9-19)20-10-16(4)25(28)17(5)11-20/h7-12,23,26-28H,1-6H3. The Balaban J connectivity index is 2.32. The van der Waals surface area contributed by atoms with Crippen LogP contribution in [0.4, 0.5) is 0 Å². The maximum Gasteiger partial charge on any atom is 0.121 e. The summed E-state index contributed by atoms with van der Waals surface area (Å²) in [5.41, 5.74) is 8.24. The summed E-state index contributed by atoms with van der Waals surface area (Å²) in [6, 6.07) is 11.9. The van der Waals surface area contributed by atoms with E-state index in [1.54, 1.807) is 0 Å². The molecule has 3 aromatic carbocycles. The lowest BCUT2D eigenvalue weighted by atomic mass is 9.81. The smallest absolute Gasteiger partial charge is 0.121 e. The number of aromatic hydroxyl groups is 3. The highest BCUT2D eigenvalue weighted by molar-refractivity contribution is 5.55. The molecule has 0 spiro atoms. The van der Waals surface area contributed by atoms with Gasteiger partial charge < -0.3 is 15.3 Å². The molecule has 3 aromatic rings. The molecule has 0 bridgehead atoms. The lowest BCUT2D eigenvalue weighted by molar-refractivity contribution is 0.465. The van der Waals surface area contributed by atoms with Crippen LogP contribution in [0.15, 0.2) is 36.4 Å². The van der Waals surface area contributed by atoms with Crippen LogP contribution in [0.25, 0.3) is 0 Å². The number of benzene rings is 3. The Morgan fingerprint density at radius 2 is 0.821 bits per heavy atom. The molecule has 0 aliphatic carbocycles. The lowest BCUT2D eigenvalue weighted by Gasteiger charge is -2.23. The van der Waals surface area contributed by atoms with E-state index in [2.05, 4.69) is 6.07 Å². The van der Waals surface area contributed by atoms with E-state index < -0.39 is 0 Å². The van der Waals surface area contributed by atoms with Gasteiger partial charge in [0, 0.05) is 5.92 Å². The van der Waals surface area contributed by atoms with E-state index in [9.17, 15) is 15.3 Å². The second kappa shape index (κ2) is 7.23. The summed E-state index contributed by atoms with van der Waals surface area (Å²) >= 11 is 0. The average molecular weight is 376 g/mol. The van der Waals surface area contributed by atoms with Crippen molar-refractivity contribution in [2.45, 2.75) is 47.5 Å². The first-order valence-electron chi connectivity index (χ1n) is 9.50. The molecule has 146 valence electrons. The van der Waals surface area contributed by atoms with Crippen molar-refractivity contribution < 1.29 is 15.3 Å². The summed E-state index contributed by atoms with van der Waals surface area (Å²) < 4.78 is 0. The molecule has 0 fully saturated rings. The maximum absolute atomic E-state index is 10.5. The van der Waals surface area contributed by atoms with Gasteiger partial charge in [0.25, 0.3) is 0 Å². The number of phenolic OH excluding ortho intramolecular Hbond substituents is 3. The normalized spacial score (nSPS) is 11.2. The van der Waals surface area contributed by atoms with Crippen LogP contribution in [0, 0.1) is 41.5 Å². The third-order valence-corrected chi connectivity index (χ3v) is 5.69. The van der Waals surface area contributed by atoms with E-state index in [0.717, 1.165) is 50.1 Å². The molecule has 28 heavy (non-hydrogen) atoms. The van der Waals surface area contributed by atoms with Gasteiger partial charge in [-0.25, -0.2) is 0 Å². The van der Waals surface area contributed by atoms with Crippen LogP contribution in [-0.4, -0.2) is 15.3 Å². The van der Waals surface area contributed by atoms with Crippen LogP contribution in [0.3, 0.4) is 0 Å². The van der Waals surface area contributed by atoms with Gasteiger partial charge >= 0.3 is 0 Å². The largest absolute Gasteiger partial charge is 0.508 e. The van der Waals surface area contributed by atoms with E-state index >= 15 is 0 Å². The second-order valence-electron chi connectivity index (χ2n) is 7.92. The summed E-state index contributed by atoms with van der Waals surface area (Å²) in [6.45, 7) is 11.5. The predicted octanol–water partition coefficient (Wildman–Crippen LogP) is 5.83. The topological polar surface area (TPSA) is 60.7 Å². The van der Waals surface area contributed by atoms with Crippen molar-refractivity contribution in [1.29, 1.82) is 0 Å². The van der Waals surface area contributed by atoms with Crippen LogP contribution < -0.4 is 0 Å². The fourth-order valence-electron chi connectivity index (χ4n) is 3.92. The van der Waals surface area contributed by atoms with Crippen LogP contribution in [0.1, 0.15) is 56.0 Å². The quantitative estimate of drug-likeness (QED) is 0.504. The van der Waals surface area contributed by atoms with Gasteiger partial charge in [0.15, 0.2) is 0 Å². The summed E-state index contributed by atoms with van der Waals surface area (Å²) in [5.74, 6) is 0.771. The van der Waals surface area contributed by atoms with Gasteiger partial charge in [-0.15, -0.1) is 0 Å². The highest BCUT2D eigenvalue weighted by Crippen LogP contribution is 2.39. The molecule has 0 aliphatic rings. The lowest BCUT2D eigenvalue weighted by Crippen LogP contribution is -2.06. The molecular weight excluding hydrogens is 348 g/mol. The molecule has 0 saturated heterocycles. The average Bonchev–Trinajstić information content (AvgIpc) is 2.62. The minimum Gasteiger partial charge on any atom is -0.508 e. The third-order valence-electron chi connectivity index (χ3n) is 5.69. The van der Waals surface area contributed by atoms with E-state index in [1.165, 1.54) is 0 Å². The molecule has 0 aromatic heterocycles. The van der Waals surface area contributed by atoms with Gasteiger partial charge in [0.2, 0.25) is 0 Å². The number of phenols is 3. The Morgan fingerprint density at radius 3 is 1.18 bits per heavy atom. The maximum atomic E-state index is 10.5. The second-order valence-corrected chi connectivity index (χ2v) is 7.92. The van der Waals surface area contributed by atoms with E-state index in [0.29, 0.717) is 11.5 Å². The molecule has 0 heterocycles. The van der Waals surface area contributed by atoms with Crippen LogP contribution in [0.5, 0.6) is 17.2 Å². The van der Waals surface area contributed by atoms with Gasteiger partial charge in [0.05, 0.1) is 0 Å². The van der Waals surface area contributed by atoms with Crippen LogP contribution >= 0.6 is 0 Å². The van der Waals surface area contributed by atoms with Crippen LogP contribution in [-0.2, 0) is 0 Å². The molecule has 3 heteroatoms. The Morgan fingerprint density at radius 1 is 0.500 bits per heavy atom. The number of aryl methyl sites for hydroxylation is 5. The molecule has 0 atom stereocenters. The minimum absolute atomic E-state index is 0.124. The first-order valence-corrected chi connectivity index (χ1v) is 9.50. The van der Waals surface area contributed by atoms with Gasteiger partial charge in [0.1, 0.15) is 17.2 Å². The number of hydrogen-bond acceptors (Lipinski definition) is 3. The van der Waals surface area contributed by atoms with Crippen molar-refractivity contribution in [3.05, 3.63) is 86.5 Å². The molecule has 0 radical (unpaired) electrons. The van der Waals surface area contributed by atoms with Crippen LogP contribution in [0.2, 0.25) is 0 Å². The molecule has 0 aliphatic heterocycles. The Kier molecular flexibility index (Phi) is 5.12. The molecule has 0 amide bonds. The van der Waals surface area contributed by atoms with Crippen molar-refractivity contribution in [2.75, 3.05) is 0 Å². The van der Waals surface area contributed by atoms with Crippen molar-refractivity contribution in [3.63, 3.8) is 0 Å². The first-order chi connectivity index (χ1) is 13.1. The van der Waals surface area contributed by atoms with Gasteiger partial charge in [-0.2, -0.15) is 0 Å². The fraction of sp³-hybridized carbons (Fsp3) is 0.280. The SMILES string of the molecule is Cc1cc(C(c2cc(C)c(O)c(C)c2)c2cc(C)c(O)c(C)c2)cc(O)c1C. The Hall–Kier alpha value is -2.94. The molecule has 0 unspecified atom stereocenters. The molecule has 3 nitrogen and oxygen atoms in total. The van der Waals surface area contributed by atoms with E-state index in [1.807, 2.05) is 71.9 Å². The summed E-state index contributed by atoms with van der Waals surface area (Å²) in [6.07, 6.45) is 0. The number of rotatable bonds is 3. The molecule has 3 rings (SSSR count). The van der Waals surface area contributed by atoms with Crippen molar-refractivity contribution in [1.82, 2.24) is 0 Å². The van der Waals surface area contributed by atoms with Gasteiger partial charge in [-0.3, -0.25) is 0 Å². The van der Waals surface area contributed by atoms with Crippen molar-refractivity contribution >= 4 is 0 Å².